The van der Waals surface area contributed by atoms with Gasteiger partial charge in [0.05, 0.1) is 4.99 Å². The highest BCUT2D eigenvalue weighted by molar-refractivity contribution is 7.99. The van der Waals surface area contributed by atoms with E-state index in [1.54, 1.807) is 11.8 Å². The van der Waals surface area contributed by atoms with Crippen LogP contribution in [0.4, 0.5) is 0 Å². The average Bonchev–Trinajstić information content (AvgIpc) is 2.28. The Morgan fingerprint density at radius 1 is 1.43 bits per heavy atom. The minimum absolute atomic E-state index is 0.0434. The molecule has 0 aromatic rings. The van der Waals surface area contributed by atoms with Gasteiger partial charge in [-0.2, -0.15) is 11.8 Å². The van der Waals surface area contributed by atoms with Crippen molar-refractivity contribution in [3.05, 3.63) is 0 Å². The second-order valence-corrected chi connectivity index (χ2v) is 6.81. The SMILES string of the molecule is NC(=S)CS(=O)(=O)N1CCCSCC1. The predicted octanol–water partition coefficient (Wildman–Crippen LogP) is 0.0412. The van der Waals surface area contributed by atoms with E-state index in [-0.39, 0.29) is 10.7 Å². The minimum atomic E-state index is -3.25. The maximum Gasteiger partial charge on any atom is 0.220 e. The maximum absolute atomic E-state index is 11.7. The van der Waals surface area contributed by atoms with Gasteiger partial charge in [-0.3, -0.25) is 0 Å². The molecule has 0 radical (unpaired) electrons. The van der Waals surface area contributed by atoms with Gasteiger partial charge in [-0.25, -0.2) is 12.7 Å². The number of nitrogens with zero attached hydrogens (tertiary/aromatic N) is 1. The first-order valence-corrected chi connectivity index (χ1v) is 7.53. The summed E-state index contributed by atoms with van der Waals surface area (Å²) >= 11 is 6.40. The molecule has 1 aliphatic rings. The summed E-state index contributed by atoms with van der Waals surface area (Å²) in [6.07, 6.45) is 0.904. The molecule has 0 unspecified atom stereocenters. The molecular formula is C7H14N2O2S3. The number of hydrogen-bond acceptors (Lipinski definition) is 4. The molecule has 0 bridgehead atoms. The Balaban J connectivity index is 2.64. The van der Waals surface area contributed by atoms with Crippen molar-refractivity contribution in [1.82, 2.24) is 4.31 Å². The minimum Gasteiger partial charge on any atom is -0.392 e. The van der Waals surface area contributed by atoms with Crippen LogP contribution >= 0.6 is 24.0 Å². The fraction of sp³-hybridized carbons (Fsp3) is 0.857. The van der Waals surface area contributed by atoms with Crippen LogP contribution in [0.3, 0.4) is 0 Å². The summed E-state index contributed by atoms with van der Waals surface area (Å²) in [5.41, 5.74) is 5.24. The predicted molar refractivity (Wildman–Crippen MR) is 64.1 cm³/mol. The molecule has 0 amide bonds. The lowest BCUT2D eigenvalue weighted by molar-refractivity contribution is 0.438. The summed E-state index contributed by atoms with van der Waals surface area (Å²) in [4.78, 5) is 0.0434. The van der Waals surface area contributed by atoms with Gasteiger partial charge >= 0.3 is 0 Å². The zero-order valence-corrected chi connectivity index (χ0v) is 10.3. The van der Waals surface area contributed by atoms with Crippen LogP contribution in [-0.2, 0) is 10.0 Å². The Kier molecular flexibility index (Phi) is 4.62. The van der Waals surface area contributed by atoms with Crippen LogP contribution in [-0.4, -0.2) is 48.1 Å². The normalized spacial score (nSPS) is 20.3. The zero-order valence-electron chi connectivity index (χ0n) is 7.81. The second kappa shape index (κ2) is 5.29. The Hall–Kier alpha value is 0.150. The fourth-order valence-corrected chi connectivity index (χ4v) is 4.04. The van der Waals surface area contributed by atoms with E-state index in [2.05, 4.69) is 12.2 Å². The van der Waals surface area contributed by atoms with Crippen LogP contribution in [0.1, 0.15) is 6.42 Å². The number of thioether (sulfide) groups is 1. The monoisotopic (exact) mass is 254 g/mol. The topological polar surface area (TPSA) is 63.4 Å². The summed E-state index contributed by atoms with van der Waals surface area (Å²) in [5, 5.41) is 0. The van der Waals surface area contributed by atoms with Crippen molar-refractivity contribution in [2.24, 2.45) is 5.73 Å². The summed E-state index contributed by atoms with van der Waals surface area (Å²) in [7, 11) is -3.25. The first-order valence-electron chi connectivity index (χ1n) is 4.36. The molecule has 0 spiro atoms. The van der Waals surface area contributed by atoms with Crippen molar-refractivity contribution in [1.29, 1.82) is 0 Å². The first-order chi connectivity index (χ1) is 6.52. The standard InChI is InChI=1S/C7H14N2O2S3/c8-7(12)6-14(10,11)9-2-1-4-13-5-3-9/h1-6H2,(H2,8,12). The highest BCUT2D eigenvalue weighted by Gasteiger charge is 2.23. The third-order valence-electron chi connectivity index (χ3n) is 1.90. The van der Waals surface area contributed by atoms with E-state index in [1.165, 1.54) is 4.31 Å². The molecule has 2 N–H and O–H groups in total. The van der Waals surface area contributed by atoms with Crippen molar-refractivity contribution in [3.8, 4) is 0 Å². The van der Waals surface area contributed by atoms with E-state index < -0.39 is 10.0 Å². The van der Waals surface area contributed by atoms with Crippen molar-refractivity contribution in [2.45, 2.75) is 6.42 Å². The van der Waals surface area contributed by atoms with Gasteiger partial charge in [0.25, 0.3) is 0 Å². The Morgan fingerprint density at radius 2 is 2.14 bits per heavy atom. The van der Waals surface area contributed by atoms with E-state index in [1.807, 2.05) is 0 Å². The number of hydrogen-bond donors (Lipinski definition) is 1. The van der Waals surface area contributed by atoms with Gasteiger partial charge in [0, 0.05) is 18.8 Å². The molecule has 7 heteroatoms. The van der Waals surface area contributed by atoms with E-state index in [9.17, 15) is 8.42 Å². The van der Waals surface area contributed by atoms with Gasteiger partial charge in [0.2, 0.25) is 10.0 Å². The molecule has 0 saturated carbocycles. The molecule has 1 aliphatic heterocycles. The highest BCUT2D eigenvalue weighted by atomic mass is 32.2. The lowest BCUT2D eigenvalue weighted by Crippen LogP contribution is -2.38. The molecule has 1 fully saturated rings. The van der Waals surface area contributed by atoms with E-state index in [0.29, 0.717) is 13.1 Å². The summed E-state index contributed by atoms with van der Waals surface area (Å²) in [6.45, 7) is 1.17. The second-order valence-electron chi connectivity index (χ2n) is 3.09. The van der Waals surface area contributed by atoms with Crippen LogP contribution in [0.2, 0.25) is 0 Å². The highest BCUT2D eigenvalue weighted by Crippen LogP contribution is 2.13. The van der Waals surface area contributed by atoms with Crippen molar-refractivity contribution >= 4 is 39.0 Å². The Morgan fingerprint density at radius 3 is 2.79 bits per heavy atom. The first kappa shape index (κ1) is 12.2. The molecule has 0 aliphatic carbocycles. The third-order valence-corrected chi connectivity index (χ3v) is 5.10. The van der Waals surface area contributed by atoms with Crippen molar-refractivity contribution < 1.29 is 8.42 Å². The van der Waals surface area contributed by atoms with Crippen LogP contribution in [0.5, 0.6) is 0 Å². The van der Waals surface area contributed by atoms with E-state index in [4.69, 9.17) is 5.73 Å². The van der Waals surface area contributed by atoms with Gasteiger partial charge in [0.1, 0.15) is 5.75 Å². The molecule has 0 aromatic carbocycles. The van der Waals surface area contributed by atoms with Gasteiger partial charge < -0.3 is 5.73 Å². The van der Waals surface area contributed by atoms with Crippen molar-refractivity contribution in [2.75, 3.05) is 30.3 Å². The van der Waals surface area contributed by atoms with Crippen LogP contribution < -0.4 is 5.73 Å². The zero-order chi connectivity index (χ0) is 10.6. The average molecular weight is 254 g/mol. The smallest absolute Gasteiger partial charge is 0.220 e. The Bertz CT molecular complexity index is 294. The lowest BCUT2D eigenvalue weighted by Gasteiger charge is -2.18. The fourth-order valence-electron chi connectivity index (χ4n) is 1.27. The maximum atomic E-state index is 11.7. The molecular weight excluding hydrogens is 240 g/mol. The van der Waals surface area contributed by atoms with Gasteiger partial charge in [-0.1, -0.05) is 12.2 Å². The molecule has 1 rings (SSSR count). The number of nitrogens with two attached hydrogens (primary N) is 1. The molecule has 1 saturated heterocycles. The lowest BCUT2D eigenvalue weighted by atomic mass is 10.5. The van der Waals surface area contributed by atoms with Crippen molar-refractivity contribution in [3.63, 3.8) is 0 Å². The van der Waals surface area contributed by atoms with E-state index in [0.717, 1.165) is 17.9 Å². The molecule has 0 aromatic heterocycles. The number of rotatable bonds is 3. The summed E-state index contributed by atoms with van der Waals surface area (Å²) in [6, 6.07) is 0. The van der Waals surface area contributed by atoms with Gasteiger partial charge in [-0.15, -0.1) is 0 Å². The molecule has 0 atom stereocenters. The van der Waals surface area contributed by atoms with Gasteiger partial charge in [-0.05, 0) is 12.2 Å². The third kappa shape index (κ3) is 3.72. The Labute approximate surface area is 94.3 Å². The van der Waals surface area contributed by atoms with E-state index >= 15 is 0 Å². The molecule has 1 heterocycles. The number of sulfonamides is 1. The summed E-state index contributed by atoms with van der Waals surface area (Å²) in [5.74, 6) is 1.68. The number of thiocarbonyl (C=S) groups is 1. The van der Waals surface area contributed by atoms with Crippen LogP contribution in [0.25, 0.3) is 0 Å². The summed E-state index contributed by atoms with van der Waals surface area (Å²) < 4.78 is 24.9. The molecule has 14 heavy (non-hydrogen) atoms. The molecule has 82 valence electrons. The molecule has 4 nitrogen and oxygen atoms in total. The quantitative estimate of drug-likeness (QED) is 0.721. The van der Waals surface area contributed by atoms with Crippen LogP contribution in [0, 0.1) is 0 Å². The largest absolute Gasteiger partial charge is 0.392 e. The van der Waals surface area contributed by atoms with Gasteiger partial charge in [0.15, 0.2) is 0 Å². The van der Waals surface area contributed by atoms with Crippen LogP contribution in [0.15, 0.2) is 0 Å².